The molecule has 0 bridgehead atoms. The lowest BCUT2D eigenvalue weighted by molar-refractivity contribution is 0.00331. The highest BCUT2D eigenvalue weighted by molar-refractivity contribution is 7.86. The van der Waals surface area contributed by atoms with Gasteiger partial charge in [-0.2, -0.15) is 12.7 Å². The quantitative estimate of drug-likeness (QED) is 0.443. The van der Waals surface area contributed by atoms with Crippen molar-refractivity contribution in [3.05, 3.63) is 69.8 Å². The van der Waals surface area contributed by atoms with Crippen molar-refractivity contribution in [2.24, 2.45) is 17.0 Å². The molecular formula is C31H38ClN3O6S. The summed E-state index contributed by atoms with van der Waals surface area (Å²) in [6.07, 6.45) is 7.46. The predicted molar refractivity (Wildman–Crippen MR) is 162 cm³/mol. The van der Waals surface area contributed by atoms with Crippen LogP contribution in [0.5, 0.6) is 5.75 Å². The van der Waals surface area contributed by atoms with E-state index in [1.54, 1.807) is 25.3 Å². The van der Waals surface area contributed by atoms with Crippen LogP contribution < -0.4 is 14.8 Å². The molecule has 1 saturated carbocycles. The van der Waals surface area contributed by atoms with E-state index in [-0.39, 0.29) is 29.5 Å². The van der Waals surface area contributed by atoms with E-state index >= 15 is 0 Å². The van der Waals surface area contributed by atoms with E-state index in [0.717, 1.165) is 54.9 Å². The molecule has 4 aliphatic rings. The fourth-order valence-corrected chi connectivity index (χ4v) is 8.33. The highest BCUT2D eigenvalue weighted by Crippen LogP contribution is 2.47. The Kier molecular flexibility index (Phi) is 8.04. The lowest BCUT2D eigenvalue weighted by Gasteiger charge is -2.47. The number of methoxy groups -OCH3 is 1. The molecule has 4 atom stereocenters. The van der Waals surface area contributed by atoms with E-state index in [0.29, 0.717) is 37.8 Å². The number of carboxylic acids is 1. The number of anilines is 1. The van der Waals surface area contributed by atoms with Gasteiger partial charge in [0.05, 0.1) is 24.0 Å². The summed E-state index contributed by atoms with van der Waals surface area (Å²) < 4.78 is 37.4. The Bertz CT molecular complexity index is 1510. The Balaban J connectivity index is 1.30. The summed E-state index contributed by atoms with van der Waals surface area (Å²) in [5.41, 5.74) is 4.45. The Morgan fingerprint density at radius 1 is 1.24 bits per heavy atom. The molecule has 0 amide bonds. The molecule has 3 N–H and O–H groups in total. The van der Waals surface area contributed by atoms with Crippen molar-refractivity contribution < 1.29 is 27.8 Å². The number of carbonyl (C=O) groups is 1. The SMILES string of the molecule is CO[C@@H](C1=CCN(S(N)(=O)=O)CC1)[C@@H]1CC[C@H]1CN1C[C@@]2(CCCc3cc(Cl)ccc32)COc2ccc(C(=O)O)cc21. The standard InChI is InChI=1S/C31H38ClN3O6S/c1-40-29(20-10-13-35(14-11-20)42(33,38)39)25-7-4-23(25)17-34-18-31(12-2-3-21-15-24(32)6-8-26(21)31)19-41-28-9-5-22(30(36)37)16-27(28)34/h5-6,8-10,15-16,23,25,29H,2-4,7,11-14,17-19H2,1H3,(H,36,37)(H2,33,38,39)/t23-,25+,29-,31-/m0/s1. The molecule has 2 aliphatic heterocycles. The second kappa shape index (κ2) is 11.5. The fraction of sp³-hybridized carbons (Fsp3) is 0.516. The van der Waals surface area contributed by atoms with Crippen molar-refractivity contribution in [1.82, 2.24) is 4.31 Å². The highest BCUT2D eigenvalue weighted by atomic mass is 35.5. The number of halogens is 1. The molecule has 11 heteroatoms. The molecule has 6 rings (SSSR count). The smallest absolute Gasteiger partial charge is 0.335 e. The summed E-state index contributed by atoms with van der Waals surface area (Å²) in [7, 11) is -2.00. The zero-order valence-corrected chi connectivity index (χ0v) is 25.4. The summed E-state index contributed by atoms with van der Waals surface area (Å²) in [4.78, 5) is 14.3. The van der Waals surface area contributed by atoms with Crippen molar-refractivity contribution in [3.8, 4) is 5.75 Å². The zero-order valence-electron chi connectivity index (χ0n) is 23.8. The number of carboxylic acid groups (broad SMARTS) is 1. The van der Waals surface area contributed by atoms with E-state index in [2.05, 4.69) is 17.0 Å². The van der Waals surface area contributed by atoms with Crippen molar-refractivity contribution in [3.63, 3.8) is 0 Å². The third kappa shape index (κ3) is 5.55. The maximum atomic E-state index is 12.0. The number of hydrogen-bond donors (Lipinski definition) is 2. The summed E-state index contributed by atoms with van der Waals surface area (Å²) in [5, 5.41) is 15.9. The minimum atomic E-state index is -3.72. The van der Waals surface area contributed by atoms with Gasteiger partial charge in [0.2, 0.25) is 0 Å². The van der Waals surface area contributed by atoms with Crippen LogP contribution in [0.15, 0.2) is 48.0 Å². The van der Waals surface area contributed by atoms with Crippen LogP contribution in [0.3, 0.4) is 0 Å². The minimum absolute atomic E-state index is 0.106. The molecular weight excluding hydrogens is 578 g/mol. The van der Waals surface area contributed by atoms with Gasteiger partial charge >= 0.3 is 5.97 Å². The molecule has 226 valence electrons. The number of benzene rings is 2. The Morgan fingerprint density at radius 3 is 2.74 bits per heavy atom. The highest BCUT2D eigenvalue weighted by Gasteiger charge is 2.45. The molecule has 0 saturated heterocycles. The Hall–Kier alpha value is -2.63. The van der Waals surface area contributed by atoms with Crippen LogP contribution in [0.1, 0.15) is 53.6 Å². The first-order chi connectivity index (χ1) is 20.1. The third-order valence-electron chi connectivity index (χ3n) is 9.79. The predicted octanol–water partition coefficient (Wildman–Crippen LogP) is 4.39. The first-order valence-corrected chi connectivity index (χ1v) is 16.5. The van der Waals surface area contributed by atoms with E-state index in [1.807, 2.05) is 12.1 Å². The maximum Gasteiger partial charge on any atom is 0.335 e. The molecule has 0 unspecified atom stereocenters. The first-order valence-electron chi connectivity index (χ1n) is 14.6. The number of nitrogens with two attached hydrogens (primary N) is 1. The Morgan fingerprint density at radius 2 is 2.07 bits per heavy atom. The van der Waals surface area contributed by atoms with Crippen LogP contribution in [0, 0.1) is 11.8 Å². The molecule has 2 aliphatic carbocycles. The average Bonchev–Trinajstić information content (AvgIpc) is 3.10. The zero-order chi connectivity index (χ0) is 29.6. The van der Waals surface area contributed by atoms with Crippen molar-refractivity contribution in [1.29, 1.82) is 0 Å². The van der Waals surface area contributed by atoms with Gasteiger partial charge in [-0.15, -0.1) is 0 Å². The second-order valence-corrected chi connectivity index (χ2v) is 14.2. The van der Waals surface area contributed by atoms with Crippen molar-refractivity contribution in [2.75, 3.05) is 44.8 Å². The summed E-state index contributed by atoms with van der Waals surface area (Å²) in [6.45, 7) is 2.57. The summed E-state index contributed by atoms with van der Waals surface area (Å²) in [6, 6.07) is 11.3. The first kappa shape index (κ1) is 29.4. The van der Waals surface area contributed by atoms with Crippen molar-refractivity contribution in [2.45, 2.75) is 50.0 Å². The van der Waals surface area contributed by atoms with Crippen LogP contribution >= 0.6 is 11.6 Å². The summed E-state index contributed by atoms with van der Waals surface area (Å²) in [5.74, 6) is 0.325. The largest absolute Gasteiger partial charge is 0.490 e. The van der Waals surface area contributed by atoms with Crippen molar-refractivity contribution >= 4 is 33.5 Å². The van der Waals surface area contributed by atoms with Gasteiger partial charge in [0.1, 0.15) is 5.75 Å². The topological polar surface area (TPSA) is 122 Å². The maximum absolute atomic E-state index is 12.0. The van der Waals surface area contributed by atoms with Crippen LogP contribution in [0.2, 0.25) is 5.02 Å². The van der Waals surface area contributed by atoms with E-state index in [1.165, 1.54) is 15.4 Å². The molecule has 0 radical (unpaired) electrons. The van der Waals surface area contributed by atoms with Gasteiger partial charge in [0.15, 0.2) is 0 Å². The number of hydrogen-bond acceptors (Lipinski definition) is 6. The number of rotatable bonds is 7. The lowest BCUT2D eigenvalue weighted by atomic mass is 9.67. The van der Waals surface area contributed by atoms with E-state index in [4.69, 9.17) is 26.2 Å². The van der Waals surface area contributed by atoms with E-state index < -0.39 is 16.2 Å². The van der Waals surface area contributed by atoms with Gasteiger partial charge in [-0.05, 0) is 97.4 Å². The molecule has 1 spiro atoms. The monoisotopic (exact) mass is 615 g/mol. The molecule has 2 aromatic carbocycles. The number of nitrogens with zero attached hydrogens (tertiary/aromatic N) is 2. The molecule has 42 heavy (non-hydrogen) atoms. The van der Waals surface area contributed by atoms with Gasteiger partial charge < -0.3 is 19.5 Å². The molecule has 2 aromatic rings. The normalized spacial score (nSPS) is 26.7. The fourth-order valence-electron chi connectivity index (χ4n) is 7.51. The minimum Gasteiger partial charge on any atom is -0.490 e. The number of aromatic carboxylic acids is 1. The number of aryl methyl sites for hydroxylation is 1. The van der Waals surface area contributed by atoms with Gasteiger partial charge in [-0.1, -0.05) is 23.7 Å². The molecule has 2 heterocycles. The molecule has 0 aromatic heterocycles. The number of ether oxygens (including phenoxy) is 2. The average molecular weight is 616 g/mol. The van der Waals surface area contributed by atoms with Crippen LogP contribution in [0.25, 0.3) is 0 Å². The second-order valence-electron chi connectivity index (χ2n) is 12.2. The van der Waals surface area contributed by atoms with E-state index in [9.17, 15) is 18.3 Å². The molecule has 9 nitrogen and oxygen atoms in total. The summed E-state index contributed by atoms with van der Waals surface area (Å²) >= 11 is 6.38. The Labute approximate surface area is 252 Å². The van der Waals surface area contributed by atoms with Crippen LogP contribution in [-0.2, 0) is 26.8 Å². The van der Waals surface area contributed by atoms with Gasteiger partial charge in [0.25, 0.3) is 10.2 Å². The van der Waals surface area contributed by atoms with Gasteiger partial charge in [-0.3, -0.25) is 0 Å². The van der Waals surface area contributed by atoms with Gasteiger partial charge in [-0.25, -0.2) is 9.93 Å². The lowest BCUT2D eigenvalue weighted by Crippen LogP contribution is -2.50. The van der Waals surface area contributed by atoms with Gasteiger partial charge in [0, 0.05) is 43.7 Å². The molecule has 1 fully saturated rings. The van der Waals surface area contributed by atoms with Crippen LogP contribution in [-0.4, -0.2) is 69.8 Å². The third-order valence-corrected chi connectivity index (χ3v) is 11.1. The number of fused-ring (bicyclic) bond motifs is 3. The van der Waals surface area contributed by atoms with Crippen LogP contribution in [0.4, 0.5) is 5.69 Å².